The van der Waals surface area contributed by atoms with Gasteiger partial charge in [0.2, 0.25) is 0 Å². The largest absolute Gasteiger partial charge is 0.396 e. The summed E-state index contributed by atoms with van der Waals surface area (Å²) in [6.07, 6.45) is 8.74. The van der Waals surface area contributed by atoms with Crippen molar-refractivity contribution in [3.05, 3.63) is 34.9 Å². The molecule has 2 aliphatic carbocycles. The van der Waals surface area contributed by atoms with Gasteiger partial charge in [-0.2, -0.15) is 0 Å². The fraction of sp³-hybridized carbons (Fsp3) is 0.600. The van der Waals surface area contributed by atoms with Gasteiger partial charge < -0.3 is 5.11 Å². The molecule has 1 aromatic rings. The number of aryl methyl sites for hydroxylation is 1. The predicted molar refractivity (Wildman–Crippen MR) is 65.5 cm³/mol. The molecule has 0 amide bonds. The Morgan fingerprint density at radius 1 is 1.12 bits per heavy atom. The molecular weight excluding hydrogens is 196 g/mol. The quantitative estimate of drug-likeness (QED) is 0.823. The SMILES string of the molecule is OCC1(Cc2cccc3c2CCCC3)CC1. The molecule has 0 aromatic heterocycles. The normalized spacial score (nSPS) is 21.6. The van der Waals surface area contributed by atoms with E-state index in [1.54, 1.807) is 11.1 Å². The summed E-state index contributed by atoms with van der Waals surface area (Å²) in [7, 11) is 0. The van der Waals surface area contributed by atoms with Gasteiger partial charge in [0, 0.05) is 6.61 Å². The zero-order valence-corrected chi connectivity index (χ0v) is 9.84. The van der Waals surface area contributed by atoms with Crippen molar-refractivity contribution in [3.8, 4) is 0 Å². The molecule has 0 bridgehead atoms. The smallest absolute Gasteiger partial charge is 0.0490 e. The third-order valence-corrected chi connectivity index (χ3v) is 4.35. The van der Waals surface area contributed by atoms with Crippen LogP contribution >= 0.6 is 0 Å². The Hall–Kier alpha value is -0.820. The van der Waals surface area contributed by atoms with Crippen LogP contribution in [-0.2, 0) is 19.3 Å². The van der Waals surface area contributed by atoms with E-state index < -0.39 is 0 Å². The second-order valence-corrected chi connectivity index (χ2v) is 5.60. The predicted octanol–water partition coefficient (Wildman–Crippen LogP) is 2.88. The van der Waals surface area contributed by atoms with E-state index in [-0.39, 0.29) is 5.41 Å². The standard InChI is InChI=1S/C15H20O/c16-11-15(8-9-15)10-13-6-3-5-12-4-1-2-7-14(12)13/h3,5-6,16H,1-2,4,7-11H2. The van der Waals surface area contributed by atoms with Crippen molar-refractivity contribution in [1.82, 2.24) is 0 Å². The second kappa shape index (κ2) is 3.89. The molecule has 1 heteroatoms. The Bertz CT molecular complexity index is 390. The molecule has 1 nitrogen and oxygen atoms in total. The maximum Gasteiger partial charge on any atom is 0.0490 e. The van der Waals surface area contributed by atoms with E-state index in [0.29, 0.717) is 6.61 Å². The lowest BCUT2D eigenvalue weighted by Gasteiger charge is -2.21. The summed E-state index contributed by atoms with van der Waals surface area (Å²) < 4.78 is 0. The average Bonchev–Trinajstić information content (AvgIpc) is 3.10. The molecule has 16 heavy (non-hydrogen) atoms. The molecule has 1 N–H and O–H groups in total. The molecule has 0 unspecified atom stereocenters. The maximum atomic E-state index is 9.42. The van der Waals surface area contributed by atoms with Gasteiger partial charge in [0.15, 0.2) is 0 Å². The average molecular weight is 216 g/mol. The fourth-order valence-electron chi connectivity index (χ4n) is 3.00. The van der Waals surface area contributed by atoms with E-state index in [1.165, 1.54) is 44.1 Å². The molecule has 0 aliphatic heterocycles. The number of aliphatic hydroxyl groups is 1. The highest BCUT2D eigenvalue weighted by molar-refractivity contribution is 5.38. The highest BCUT2D eigenvalue weighted by Gasteiger charge is 2.42. The van der Waals surface area contributed by atoms with Crippen LogP contribution in [0.2, 0.25) is 0 Å². The summed E-state index contributed by atoms with van der Waals surface area (Å²) in [4.78, 5) is 0. The molecule has 86 valence electrons. The zero-order chi connectivity index (χ0) is 11.0. The Morgan fingerprint density at radius 2 is 1.94 bits per heavy atom. The molecule has 0 spiro atoms. The summed E-state index contributed by atoms with van der Waals surface area (Å²) >= 11 is 0. The van der Waals surface area contributed by atoms with Crippen LogP contribution in [0, 0.1) is 5.41 Å². The van der Waals surface area contributed by atoms with Crippen molar-refractivity contribution in [2.24, 2.45) is 5.41 Å². The van der Waals surface area contributed by atoms with Crippen molar-refractivity contribution in [2.75, 3.05) is 6.61 Å². The highest BCUT2D eigenvalue weighted by atomic mass is 16.3. The van der Waals surface area contributed by atoms with Gasteiger partial charge in [0.1, 0.15) is 0 Å². The summed E-state index contributed by atoms with van der Waals surface area (Å²) in [5.74, 6) is 0. The number of aliphatic hydroxyl groups excluding tert-OH is 1. The van der Waals surface area contributed by atoms with Gasteiger partial charge in [0.25, 0.3) is 0 Å². The first kappa shape index (κ1) is 10.3. The Balaban J connectivity index is 1.89. The topological polar surface area (TPSA) is 20.2 Å². The van der Waals surface area contributed by atoms with Gasteiger partial charge in [-0.25, -0.2) is 0 Å². The third kappa shape index (κ3) is 1.78. The minimum atomic E-state index is 0.257. The van der Waals surface area contributed by atoms with Crippen LogP contribution < -0.4 is 0 Å². The van der Waals surface area contributed by atoms with Crippen LogP contribution in [0.3, 0.4) is 0 Å². The van der Waals surface area contributed by atoms with Gasteiger partial charge >= 0.3 is 0 Å². The second-order valence-electron chi connectivity index (χ2n) is 5.60. The molecule has 0 saturated heterocycles. The number of rotatable bonds is 3. The Labute approximate surface area is 97.5 Å². The van der Waals surface area contributed by atoms with Crippen LogP contribution in [0.25, 0.3) is 0 Å². The number of hydrogen-bond acceptors (Lipinski definition) is 1. The summed E-state index contributed by atoms with van der Waals surface area (Å²) in [6, 6.07) is 6.77. The van der Waals surface area contributed by atoms with E-state index in [1.807, 2.05) is 0 Å². The molecule has 0 heterocycles. The minimum absolute atomic E-state index is 0.257. The van der Waals surface area contributed by atoms with Crippen molar-refractivity contribution in [3.63, 3.8) is 0 Å². The van der Waals surface area contributed by atoms with E-state index in [2.05, 4.69) is 18.2 Å². The maximum absolute atomic E-state index is 9.42. The zero-order valence-electron chi connectivity index (χ0n) is 9.84. The van der Waals surface area contributed by atoms with Crippen LogP contribution in [-0.4, -0.2) is 11.7 Å². The van der Waals surface area contributed by atoms with Gasteiger partial charge in [-0.05, 0) is 67.1 Å². The van der Waals surface area contributed by atoms with Crippen molar-refractivity contribution < 1.29 is 5.11 Å². The van der Waals surface area contributed by atoms with Gasteiger partial charge in [-0.1, -0.05) is 18.2 Å². The minimum Gasteiger partial charge on any atom is -0.396 e. The Morgan fingerprint density at radius 3 is 2.69 bits per heavy atom. The van der Waals surface area contributed by atoms with Crippen LogP contribution in [0.15, 0.2) is 18.2 Å². The first-order valence-corrected chi connectivity index (χ1v) is 6.54. The fourth-order valence-corrected chi connectivity index (χ4v) is 3.00. The number of hydrogen-bond donors (Lipinski definition) is 1. The van der Waals surface area contributed by atoms with Gasteiger partial charge in [-0.3, -0.25) is 0 Å². The Kier molecular flexibility index (Phi) is 2.51. The molecule has 2 aliphatic rings. The van der Waals surface area contributed by atoms with Crippen molar-refractivity contribution in [2.45, 2.75) is 44.9 Å². The van der Waals surface area contributed by atoms with Crippen LogP contribution in [0.1, 0.15) is 42.4 Å². The summed E-state index contributed by atoms with van der Waals surface area (Å²) in [5, 5.41) is 9.42. The van der Waals surface area contributed by atoms with Gasteiger partial charge in [-0.15, -0.1) is 0 Å². The monoisotopic (exact) mass is 216 g/mol. The molecule has 3 rings (SSSR count). The molecule has 0 radical (unpaired) electrons. The molecule has 1 aromatic carbocycles. The van der Waals surface area contributed by atoms with E-state index >= 15 is 0 Å². The van der Waals surface area contributed by atoms with E-state index in [0.717, 1.165) is 6.42 Å². The van der Waals surface area contributed by atoms with Crippen molar-refractivity contribution in [1.29, 1.82) is 0 Å². The highest BCUT2D eigenvalue weighted by Crippen LogP contribution is 2.48. The summed E-state index contributed by atoms with van der Waals surface area (Å²) in [5.41, 5.74) is 4.95. The van der Waals surface area contributed by atoms with Crippen LogP contribution in [0.5, 0.6) is 0 Å². The lowest BCUT2D eigenvalue weighted by molar-refractivity contribution is 0.211. The third-order valence-electron chi connectivity index (χ3n) is 4.35. The lowest BCUT2D eigenvalue weighted by atomic mass is 9.84. The van der Waals surface area contributed by atoms with Gasteiger partial charge in [0.05, 0.1) is 0 Å². The lowest BCUT2D eigenvalue weighted by Crippen LogP contribution is -2.14. The molecule has 0 atom stereocenters. The van der Waals surface area contributed by atoms with Crippen LogP contribution in [0.4, 0.5) is 0 Å². The molecule has 1 saturated carbocycles. The molecule has 1 fully saturated rings. The first-order valence-electron chi connectivity index (χ1n) is 6.54. The number of fused-ring (bicyclic) bond motifs is 1. The first-order chi connectivity index (χ1) is 7.83. The summed E-state index contributed by atoms with van der Waals surface area (Å²) in [6.45, 7) is 0.372. The number of benzene rings is 1. The van der Waals surface area contributed by atoms with E-state index in [4.69, 9.17) is 0 Å². The van der Waals surface area contributed by atoms with Crippen molar-refractivity contribution >= 4 is 0 Å². The van der Waals surface area contributed by atoms with E-state index in [9.17, 15) is 5.11 Å². The molecular formula is C15H20O.